The topological polar surface area (TPSA) is 37.4 Å². The van der Waals surface area contributed by atoms with Crippen LogP contribution in [0.1, 0.15) is 50.9 Å². The Morgan fingerprint density at radius 2 is 1.80 bits per heavy atom. The molecule has 1 aromatic carbocycles. The van der Waals surface area contributed by atoms with E-state index in [-0.39, 0.29) is 11.2 Å². The minimum Gasteiger partial charge on any atom is -0.318 e. The van der Waals surface area contributed by atoms with Crippen molar-refractivity contribution in [3.8, 4) is 0 Å². The van der Waals surface area contributed by atoms with Gasteiger partial charge in [0.25, 0.3) is 0 Å². The van der Waals surface area contributed by atoms with Crippen LogP contribution in [0.3, 0.4) is 0 Å². The average Bonchev–Trinajstić information content (AvgIpc) is 2.35. The van der Waals surface area contributed by atoms with Gasteiger partial charge in [-0.1, -0.05) is 27.7 Å². The molecule has 0 spiro atoms. The maximum Gasteiger partial charge on any atom is 0.213 e. The van der Waals surface area contributed by atoms with Gasteiger partial charge in [-0.15, -0.1) is 0 Å². The van der Waals surface area contributed by atoms with E-state index < -0.39 is 0 Å². The first kappa shape index (κ1) is 16.4. The molecule has 0 aliphatic heterocycles. The predicted molar refractivity (Wildman–Crippen MR) is 83.1 cm³/mol. The van der Waals surface area contributed by atoms with E-state index in [1.54, 1.807) is 31.3 Å². The molecule has 0 bridgehead atoms. The van der Waals surface area contributed by atoms with Crippen LogP contribution in [-0.2, 0) is 4.79 Å². The molecule has 0 saturated carbocycles. The standard InChI is InChI=1S/C17H25NO2/c1-13(11-17(2,3)4)10-16(20)14-6-8-15(9-7-14)18(5)12-19/h6-9,12-13H,10-11H2,1-5H3. The fraction of sp³-hybridized carbons (Fsp3) is 0.529. The average molecular weight is 275 g/mol. The minimum atomic E-state index is 0.169. The van der Waals surface area contributed by atoms with Crippen molar-refractivity contribution in [1.82, 2.24) is 0 Å². The number of hydrogen-bond acceptors (Lipinski definition) is 2. The lowest BCUT2D eigenvalue weighted by Gasteiger charge is -2.22. The number of rotatable bonds is 6. The monoisotopic (exact) mass is 275 g/mol. The third kappa shape index (κ3) is 5.16. The molecule has 0 N–H and O–H groups in total. The van der Waals surface area contributed by atoms with Crippen LogP contribution < -0.4 is 4.90 Å². The number of hydrogen-bond donors (Lipinski definition) is 0. The maximum absolute atomic E-state index is 12.2. The summed E-state index contributed by atoms with van der Waals surface area (Å²) in [6.45, 7) is 8.70. The summed E-state index contributed by atoms with van der Waals surface area (Å²) in [5.41, 5.74) is 1.75. The second-order valence-corrected chi connectivity index (χ2v) is 6.76. The molecule has 0 heterocycles. The van der Waals surface area contributed by atoms with Gasteiger partial charge in [0.2, 0.25) is 6.41 Å². The van der Waals surface area contributed by atoms with Crippen LogP contribution in [0.25, 0.3) is 0 Å². The first-order valence-corrected chi connectivity index (χ1v) is 7.04. The highest BCUT2D eigenvalue weighted by Gasteiger charge is 2.18. The van der Waals surface area contributed by atoms with E-state index in [0.717, 1.165) is 18.5 Å². The number of ketones is 1. The van der Waals surface area contributed by atoms with Crippen molar-refractivity contribution in [2.24, 2.45) is 11.3 Å². The van der Waals surface area contributed by atoms with Gasteiger partial charge < -0.3 is 4.90 Å². The molecule has 1 aromatic rings. The highest BCUT2D eigenvalue weighted by molar-refractivity contribution is 5.96. The van der Waals surface area contributed by atoms with Crippen LogP contribution in [0.15, 0.2) is 24.3 Å². The smallest absolute Gasteiger partial charge is 0.213 e. The van der Waals surface area contributed by atoms with Crippen LogP contribution >= 0.6 is 0 Å². The van der Waals surface area contributed by atoms with Gasteiger partial charge >= 0.3 is 0 Å². The Hall–Kier alpha value is -1.64. The molecule has 1 atom stereocenters. The van der Waals surface area contributed by atoms with Gasteiger partial charge in [0, 0.05) is 24.7 Å². The van der Waals surface area contributed by atoms with Crippen molar-refractivity contribution in [2.45, 2.75) is 40.5 Å². The van der Waals surface area contributed by atoms with Gasteiger partial charge in [0.15, 0.2) is 5.78 Å². The summed E-state index contributed by atoms with van der Waals surface area (Å²) in [6.07, 6.45) is 2.35. The summed E-state index contributed by atoms with van der Waals surface area (Å²) in [6, 6.07) is 7.19. The highest BCUT2D eigenvalue weighted by Crippen LogP contribution is 2.27. The molecular formula is C17H25NO2. The van der Waals surface area contributed by atoms with E-state index in [2.05, 4.69) is 27.7 Å². The lowest BCUT2D eigenvalue weighted by molar-refractivity contribution is -0.107. The van der Waals surface area contributed by atoms with Crippen molar-refractivity contribution < 1.29 is 9.59 Å². The predicted octanol–water partition coefficient (Wildman–Crippen LogP) is 3.92. The van der Waals surface area contributed by atoms with Crippen LogP contribution in [0.5, 0.6) is 0 Å². The molecule has 3 nitrogen and oxygen atoms in total. The van der Waals surface area contributed by atoms with Crippen molar-refractivity contribution >= 4 is 17.9 Å². The maximum atomic E-state index is 12.2. The first-order valence-electron chi connectivity index (χ1n) is 7.04. The van der Waals surface area contributed by atoms with E-state index >= 15 is 0 Å². The fourth-order valence-corrected chi connectivity index (χ4v) is 2.50. The van der Waals surface area contributed by atoms with Crippen LogP contribution in [0.4, 0.5) is 5.69 Å². The second kappa shape index (κ2) is 6.69. The molecule has 1 amide bonds. The number of amides is 1. The zero-order valence-corrected chi connectivity index (χ0v) is 13.1. The van der Waals surface area contributed by atoms with E-state index in [4.69, 9.17) is 0 Å². The largest absolute Gasteiger partial charge is 0.318 e. The first-order chi connectivity index (χ1) is 9.23. The molecule has 20 heavy (non-hydrogen) atoms. The van der Waals surface area contributed by atoms with Gasteiger partial charge in [-0.25, -0.2) is 0 Å². The number of benzene rings is 1. The van der Waals surface area contributed by atoms with Crippen molar-refractivity contribution in [3.05, 3.63) is 29.8 Å². The van der Waals surface area contributed by atoms with Gasteiger partial charge in [-0.3, -0.25) is 9.59 Å². The Labute approximate surface area is 122 Å². The Bertz CT molecular complexity index is 457. The van der Waals surface area contributed by atoms with Crippen LogP contribution in [0, 0.1) is 11.3 Å². The van der Waals surface area contributed by atoms with Crippen molar-refractivity contribution in [2.75, 3.05) is 11.9 Å². The molecule has 0 saturated heterocycles. The highest BCUT2D eigenvalue weighted by atomic mass is 16.1. The SMILES string of the molecule is CC(CC(=O)c1ccc(N(C)C=O)cc1)CC(C)(C)C. The fourth-order valence-electron chi connectivity index (χ4n) is 2.50. The molecular weight excluding hydrogens is 250 g/mol. The van der Waals surface area contributed by atoms with E-state index in [1.165, 1.54) is 4.90 Å². The van der Waals surface area contributed by atoms with E-state index in [0.29, 0.717) is 17.9 Å². The summed E-state index contributed by atoms with van der Waals surface area (Å²) >= 11 is 0. The Morgan fingerprint density at radius 1 is 1.25 bits per heavy atom. The molecule has 0 radical (unpaired) electrons. The molecule has 0 fully saturated rings. The molecule has 3 heteroatoms. The molecule has 1 unspecified atom stereocenters. The summed E-state index contributed by atoms with van der Waals surface area (Å²) in [5.74, 6) is 0.543. The summed E-state index contributed by atoms with van der Waals surface area (Å²) in [7, 11) is 1.69. The molecule has 110 valence electrons. The van der Waals surface area contributed by atoms with Gasteiger partial charge in [0.05, 0.1) is 0 Å². The Kier molecular flexibility index (Phi) is 5.49. The Morgan fingerprint density at radius 3 is 2.25 bits per heavy atom. The van der Waals surface area contributed by atoms with Crippen LogP contribution in [-0.4, -0.2) is 19.2 Å². The van der Waals surface area contributed by atoms with Gasteiger partial charge in [-0.05, 0) is 42.0 Å². The number of nitrogens with zero attached hydrogens (tertiary/aromatic N) is 1. The normalized spacial score (nSPS) is 12.8. The molecule has 1 rings (SSSR count). The number of Topliss-reactive ketones (excluding diaryl/α,β-unsaturated/α-hetero) is 1. The quantitative estimate of drug-likeness (QED) is 0.583. The third-order valence-corrected chi connectivity index (χ3v) is 3.25. The van der Waals surface area contributed by atoms with E-state index in [9.17, 15) is 9.59 Å². The number of carbonyl (C=O) groups is 2. The lowest BCUT2D eigenvalue weighted by Crippen LogP contribution is -2.15. The molecule has 0 aliphatic carbocycles. The van der Waals surface area contributed by atoms with Crippen molar-refractivity contribution in [3.63, 3.8) is 0 Å². The third-order valence-electron chi connectivity index (χ3n) is 3.25. The number of anilines is 1. The zero-order valence-electron chi connectivity index (χ0n) is 13.1. The number of carbonyl (C=O) groups excluding carboxylic acids is 2. The summed E-state index contributed by atoms with van der Waals surface area (Å²) in [4.78, 5) is 24.4. The summed E-state index contributed by atoms with van der Waals surface area (Å²) in [5, 5.41) is 0. The van der Waals surface area contributed by atoms with Crippen LogP contribution in [0.2, 0.25) is 0 Å². The molecule has 0 aliphatic rings. The van der Waals surface area contributed by atoms with Crippen molar-refractivity contribution in [1.29, 1.82) is 0 Å². The van der Waals surface area contributed by atoms with Gasteiger partial charge in [-0.2, -0.15) is 0 Å². The zero-order chi connectivity index (χ0) is 15.3. The second-order valence-electron chi connectivity index (χ2n) is 6.76. The lowest BCUT2D eigenvalue weighted by atomic mass is 9.83. The molecule has 0 aromatic heterocycles. The Balaban J connectivity index is 2.66. The minimum absolute atomic E-state index is 0.169. The summed E-state index contributed by atoms with van der Waals surface area (Å²) < 4.78 is 0. The van der Waals surface area contributed by atoms with E-state index in [1.807, 2.05) is 0 Å². The van der Waals surface area contributed by atoms with Gasteiger partial charge in [0.1, 0.15) is 0 Å².